The first kappa shape index (κ1) is 21.3. The topological polar surface area (TPSA) is 57.1 Å². The number of nitrogens with zero attached hydrogens (tertiary/aromatic N) is 1. The molecule has 0 bridgehead atoms. The van der Waals surface area contributed by atoms with Gasteiger partial charge in [0.15, 0.2) is 6.04 Å². The predicted molar refractivity (Wildman–Crippen MR) is 117 cm³/mol. The summed E-state index contributed by atoms with van der Waals surface area (Å²) in [5.74, 6) is 0.0611. The summed E-state index contributed by atoms with van der Waals surface area (Å²) in [4.78, 5) is 16.3. The van der Waals surface area contributed by atoms with Crippen molar-refractivity contribution < 1.29 is 18.7 Å². The molecular formula is C23H29NO4Si. The van der Waals surface area contributed by atoms with E-state index in [0.717, 1.165) is 0 Å². The molecule has 0 radical (unpaired) electrons. The Bertz CT molecular complexity index is 822. The molecule has 0 fully saturated rings. The molecule has 2 aromatic rings. The molecule has 29 heavy (non-hydrogen) atoms. The van der Waals surface area contributed by atoms with Crippen LogP contribution >= 0.6 is 0 Å². The molecular weight excluding hydrogens is 382 g/mol. The number of hydrogen-bond acceptors (Lipinski definition) is 5. The highest BCUT2D eigenvalue weighted by Gasteiger charge is 2.52. The van der Waals surface area contributed by atoms with E-state index in [0.29, 0.717) is 5.90 Å². The number of carbonyl (C=O) groups is 1. The lowest BCUT2D eigenvalue weighted by molar-refractivity contribution is -0.142. The van der Waals surface area contributed by atoms with Crippen molar-refractivity contribution in [1.82, 2.24) is 0 Å². The molecule has 0 aromatic heterocycles. The lowest BCUT2D eigenvalue weighted by Gasteiger charge is -2.44. The number of methoxy groups -OCH3 is 1. The molecule has 0 unspecified atom stereocenters. The lowest BCUT2D eigenvalue weighted by Crippen LogP contribution is -2.68. The van der Waals surface area contributed by atoms with Crippen molar-refractivity contribution >= 4 is 30.6 Å². The number of rotatable bonds is 6. The maximum Gasteiger partial charge on any atom is 0.334 e. The van der Waals surface area contributed by atoms with Crippen LogP contribution < -0.4 is 10.4 Å². The van der Waals surface area contributed by atoms with Gasteiger partial charge in [-0.15, -0.1) is 0 Å². The standard InChI is InChI=1S/C23H29NO4Si/c1-17(21-24-20(16-27-21)22(25)26-5)28-29(23(2,3)4,18-12-8-6-9-13-18)19-14-10-7-11-15-19/h6-15,17,20H,16H2,1-5H3/t17-,20-/m0/s1. The van der Waals surface area contributed by atoms with Crippen molar-refractivity contribution in [3.8, 4) is 0 Å². The minimum Gasteiger partial charge on any atom is -0.476 e. The largest absolute Gasteiger partial charge is 0.476 e. The number of hydrogen-bond donors (Lipinski definition) is 0. The van der Waals surface area contributed by atoms with E-state index >= 15 is 0 Å². The van der Waals surface area contributed by atoms with E-state index in [9.17, 15) is 4.79 Å². The first-order chi connectivity index (χ1) is 13.8. The van der Waals surface area contributed by atoms with Crippen molar-refractivity contribution in [1.29, 1.82) is 0 Å². The fourth-order valence-electron chi connectivity index (χ4n) is 3.88. The third kappa shape index (κ3) is 4.14. The molecule has 0 spiro atoms. The highest BCUT2D eigenvalue weighted by atomic mass is 28.4. The van der Waals surface area contributed by atoms with Crippen LogP contribution in [0.1, 0.15) is 27.7 Å². The van der Waals surface area contributed by atoms with Gasteiger partial charge in [-0.1, -0.05) is 81.4 Å². The van der Waals surface area contributed by atoms with Crippen molar-refractivity contribution in [3.63, 3.8) is 0 Å². The molecule has 1 aliphatic heterocycles. The van der Waals surface area contributed by atoms with E-state index in [1.165, 1.54) is 17.5 Å². The summed E-state index contributed by atoms with van der Waals surface area (Å²) >= 11 is 0. The van der Waals surface area contributed by atoms with Crippen LogP contribution in [-0.2, 0) is 18.7 Å². The Morgan fingerprint density at radius 2 is 1.59 bits per heavy atom. The maximum absolute atomic E-state index is 11.8. The Morgan fingerprint density at radius 1 is 1.07 bits per heavy atom. The van der Waals surface area contributed by atoms with Gasteiger partial charge in [-0.2, -0.15) is 0 Å². The van der Waals surface area contributed by atoms with E-state index < -0.39 is 26.4 Å². The van der Waals surface area contributed by atoms with Gasteiger partial charge in [0.1, 0.15) is 12.7 Å². The Labute approximate surface area is 173 Å². The number of benzene rings is 2. The van der Waals surface area contributed by atoms with Crippen LogP contribution in [0.2, 0.25) is 5.04 Å². The van der Waals surface area contributed by atoms with Gasteiger partial charge in [-0.05, 0) is 22.3 Å². The quantitative estimate of drug-likeness (QED) is 0.542. The molecule has 1 heterocycles. The molecule has 0 aliphatic carbocycles. The van der Waals surface area contributed by atoms with Gasteiger partial charge in [0, 0.05) is 0 Å². The van der Waals surface area contributed by atoms with Gasteiger partial charge >= 0.3 is 5.97 Å². The summed E-state index contributed by atoms with van der Waals surface area (Å²) in [5, 5.41) is 2.23. The van der Waals surface area contributed by atoms with Gasteiger partial charge in [-0.25, -0.2) is 9.79 Å². The Balaban J connectivity index is 2.06. The smallest absolute Gasteiger partial charge is 0.334 e. The first-order valence-electron chi connectivity index (χ1n) is 9.87. The zero-order chi connectivity index (χ0) is 21.1. The minimum absolute atomic E-state index is 0.148. The van der Waals surface area contributed by atoms with Gasteiger partial charge in [-0.3, -0.25) is 0 Å². The molecule has 0 saturated heterocycles. The molecule has 0 amide bonds. The lowest BCUT2D eigenvalue weighted by atomic mass is 10.2. The molecule has 154 valence electrons. The molecule has 2 atom stereocenters. The summed E-state index contributed by atoms with van der Waals surface area (Å²) in [6.45, 7) is 8.80. The number of carbonyl (C=O) groups excluding carboxylic acids is 1. The zero-order valence-electron chi connectivity index (χ0n) is 17.7. The van der Waals surface area contributed by atoms with Crippen molar-refractivity contribution in [3.05, 3.63) is 60.7 Å². The second-order valence-corrected chi connectivity index (χ2v) is 12.5. The second kappa shape index (κ2) is 8.51. The predicted octanol–water partition coefficient (Wildman–Crippen LogP) is 2.92. The van der Waals surface area contributed by atoms with E-state index in [4.69, 9.17) is 13.9 Å². The van der Waals surface area contributed by atoms with Crippen LogP contribution in [0.5, 0.6) is 0 Å². The summed E-state index contributed by atoms with van der Waals surface area (Å²) in [6, 6.07) is 20.2. The van der Waals surface area contributed by atoms with Crippen LogP contribution in [0.4, 0.5) is 0 Å². The maximum atomic E-state index is 11.8. The van der Waals surface area contributed by atoms with Crippen LogP contribution in [0.15, 0.2) is 65.7 Å². The highest BCUT2D eigenvalue weighted by Crippen LogP contribution is 2.37. The van der Waals surface area contributed by atoms with E-state index in [1.54, 1.807) is 0 Å². The summed E-state index contributed by atoms with van der Waals surface area (Å²) in [7, 11) is -1.36. The number of ether oxygens (including phenoxy) is 2. The number of aliphatic imine (C=N–C) groups is 1. The minimum atomic E-state index is -2.71. The van der Waals surface area contributed by atoms with Gasteiger partial charge in [0.2, 0.25) is 5.90 Å². The van der Waals surface area contributed by atoms with Crippen molar-refractivity contribution in [2.24, 2.45) is 4.99 Å². The third-order valence-electron chi connectivity index (χ3n) is 5.26. The molecule has 1 aliphatic rings. The fourth-order valence-corrected chi connectivity index (χ4v) is 8.52. The van der Waals surface area contributed by atoms with Gasteiger partial charge in [0.05, 0.1) is 7.11 Å². The van der Waals surface area contributed by atoms with E-state index in [2.05, 4.69) is 74.3 Å². The monoisotopic (exact) mass is 411 g/mol. The highest BCUT2D eigenvalue weighted by molar-refractivity contribution is 6.99. The van der Waals surface area contributed by atoms with Gasteiger partial charge in [0.25, 0.3) is 8.32 Å². The zero-order valence-corrected chi connectivity index (χ0v) is 18.7. The summed E-state index contributed by atoms with van der Waals surface area (Å²) < 4.78 is 17.5. The Hall–Kier alpha value is -2.44. The van der Waals surface area contributed by atoms with Crippen LogP contribution in [0.25, 0.3) is 0 Å². The third-order valence-corrected chi connectivity index (χ3v) is 10.4. The van der Waals surface area contributed by atoms with E-state index in [-0.39, 0.29) is 11.6 Å². The Kier molecular flexibility index (Phi) is 6.24. The summed E-state index contributed by atoms with van der Waals surface area (Å²) in [6.07, 6.45) is -0.393. The molecule has 3 rings (SSSR count). The molecule has 0 saturated carbocycles. The fraction of sp³-hybridized carbons (Fsp3) is 0.391. The Morgan fingerprint density at radius 3 is 2.03 bits per heavy atom. The van der Waals surface area contributed by atoms with Crippen molar-refractivity contribution in [2.75, 3.05) is 13.7 Å². The molecule has 2 aromatic carbocycles. The van der Waals surface area contributed by atoms with Crippen LogP contribution in [0.3, 0.4) is 0 Å². The van der Waals surface area contributed by atoms with Crippen LogP contribution in [-0.4, -0.2) is 46.0 Å². The van der Waals surface area contributed by atoms with Crippen molar-refractivity contribution in [2.45, 2.75) is 44.9 Å². The average Bonchev–Trinajstić information content (AvgIpc) is 3.22. The van der Waals surface area contributed by atoms with Crippen LogP contribution in [0, 0.1) is 0 Å². The molecule has 0 N–H and O–H groups in total. The first-order valence-corrected chi connectivity index (χ1v) is 11.8. The normalized spacial score (nSPS) is 18.0. The van der Waals surface area contributed by atoms with E-state index in [1.807, 2.05) is 19.1 Å². The summed E-state index contributed by atoms with van der Waals surface area (Å²) in [5.41, 5.74) is 0. The SMILES string of the molecule is COC(=O)[C@@H]1COC([C@H](C)O[Si](c2ccccc2)(c2ccccc2)C(C)(C)C)=N1. The molecule has 6 heteroatoms. The molecule has 5 nitrogen and oxygen atoms in total. The number of esters is 1. The second-order valence-electron chi connectivity index (χ2n) is 8.24. The average molecular weight is 412 g/mol. The van der Waals surface area contributed by atoms with Gasteiger partial charge < -0.3 is 13.9 Å².